The molecule has 9 heteroatoms. The Labute approximate surface area is 126 Å². The first-order chi connectivity index (χ1) is 10.1. The summed E-state index contributed by atoms with van der Waals surface area (Å²) in [6.45, 7) is 1.06. The van der Waals surface area contributed by atoms with Gasteiger partial charge in [0.05, 0.1) is 12.6 Å². The van der Waals surface area contributed by atoms with Crippen molar-refractivity contribution in [1.82, 2.24) is 30.4 Å². The summed E-state index contributed by atoms with van der Waals surface area (Å²) in [7, 11) is 1.69. The van der Waals surface area contributed by atoms with Gasteiger partial charge in [-0.05, 0) is 42.7 Å². The topological polar surface area (TPSA) is 93.0 Å². The number of carbonyl (C=O) groups excluding carboxylic acids is 2. The van der Waals surface area contributed by atoms with Gasteiger partial charge in [0.1, 0.15) is 0 Å². The minimum Gasteiger partial charge on any atom is -0.323 e. The zero-order valence-electron chi connectivity index (χ0n) is 11.9. The lowest BCUT2D eigenvalue weighted by Gasteiger charge is -2.22. The summed E-state index contributed by atoms with van der Waals surface area (Å²) >= 11 is 0.979. The van der Waals surface area contributed by atoms with Gasteiger partial charge in [0.2, 0.25) is 5.16 Å². The van der Waals surface area contributed by atoms with Crippen molar-refractivity contribution in [3.05, 3.63) is 0 Å². The molecular weight excluding hydrogens is 292 g/mol. The van der Waals surface area contributed by atoms with Gasteiger partial charge in [0.15, 0.2) is 5.78 Å². The third-order valence-corrected chi connectivity index (χ3v) is 4.69. The van der Waals surface area contributed by atoms with E-state index in [2.05, 4.69) is 20.8 Å². The quantitative estimate of drug-likeness (QED) is 0.777. The second-order valence-corrected chi connectivity index (χ2v) is 6.35. The van der Waals surface area contributed by atoms with Crippen LogP contribution in [0.3, 0.4) is 0 Å². The number of tetrazole rings is 1. The molecule has 2 fully saturated rings. The largest absolute Gasteiger partial charge is 0.323 e. The zero-order valence-corrected chi connectivity index (χ0v) is 12.7. The van der Waals surface area contributed by atoms with Crippen molar-refractivity contribution in [2.75, 3.05) is 13.1 Å². The molecule has 1 aliphatic heterocycles. The number of aromatic nitrogens is 4. The van der Waals surface area contributed by atoms with Crippen molar-refractivity contribution in [2.24, 2.45) is 7.05 Å². The zero-order chi connectivity index (χ0) is 14.8. The van der Waals surface area contributed by atoms with E-state index in [1.807, 2.05) is 0 Å². The predicted molar refractivity (Wildman–Crippen MR) is 75.8 cm³/mol. The van der Waals surface area contributed by atoms with Crippen molar-refractivity contribution < 1.29 is 9.59 Å². The number of amides is 1. The molecule has 114 valence electrons. The SMILES string of the molecule is Cn1nnnc1SC(=O)N(CC(=O)[C@@H]1CCCN1)C1CC1. The minimum absolute atomic E-state index is 0.0967. The highest BCUT2D eigenvalue weighted by atomic mass is 32.2. The second kappa shape index (κ2) is 6.10. The highest BCUT2D eigenvalue weighted by Gasteiger charge is 2.36. The van der Waals surface area contributed by atoms with E-state index < -0.39 is 0 Å². The Kier molecular flexibility index (Phi) is 4.20. The number of nitrogens with zero attached hydrogens (tertiary/aromatic N) is 5. The van der Waals surface area contributed by atoms with Crippen LogP contribution in [0.4, 0.5) is 4.79 Å². The third-order valence-electron chi connectivity index (χ3n) is 3.76. The van der Waals surface area contributed by atoms with Gasteiger partial charge in [-0.2, -0.15) is 0 Å². The lowest BCUT2D eigenvalue weighted by atomic mass is 10.1. The molecule has 0 unspecified atom stereocenters. The standard InChI is InChI=1S/C12H18N6O2S/c1-17-11(14-15-16-17)21-12(20)18(8-4-5-8)7-10(19)9-3-2-6-13-9/h8-9,13H,2-7H2,1H3/t9-/m0/s1. The average molecular weight is 310 g/mol. The van der Waals surface area contributed by atoms with Crippen molar-refractivity contribution in [3.63, 3.8) is 0 Å². The molecule has 1 saturated carbocycles. The van der Waals surface area contributed by atoms with E-state index in [1.54, 1.807) is 11.9 Å². The first-order valence-electron chi connectivity index (χ1n) is 7.12. The molecule has 0 aromatic carbocycles. The van der Waals surface area contributed by atoms with Crippen molar-refractivity contribution in [3.8, 4) is 0 Å². The maximum absolute atomic E-state index is 12.4. The number of rotatable bonds is 5. The van der Waals surface area contributed by atoms with Crippen LogP contribution in [0.2, 0.25) is 0 Å². The van der Waals surface area contributed by atoms with Crippen LogP contribution in [0.25, 0.3) is 0 Å². The normalized spacial score (nSPS) is 21.5. The first kappa shape index (κ1) is 14.5. The molecule has 2 aliphatic rings. The summed E-state index contributed by atoms with van der Waals surface area (Å²) in [6, 6.07) is 0.0945. The van der Waals surface area contributed by atoms with E-state index in [0.29, 0.717) is 5.16 Å². The van der Waals surface area contributed by atoms with Crippen molar-refractivity contribution in [2.45, 2.75) is 42.9 Å². The van der Waals surface area contributed by atoms with E-state index in [0.717, 1.165) is 44.0 Å². The lowest BCUT2D eigenvalue weighted by molar-refractivity contribution is -0.121. The summed E-state index contributed by atoms with van der Waals surface area (Å²) in [5.74, 6) is 0.101. The summed E-state index contributed by atoms with van der Waals surface area (Å²) in [6.07, 6.45) is 3.82. The van der Waals surface area contributed by atoms with Gasteiger partial charge >= 0.3 is 0 Å². The molecule has 1 N–H and O–H groups in total. The molecule has 0 radical (unpaired) electrons. The second-order valence-electron chi connectivity index (χ2n) is 5.43. The van der Waals surface area contributed by atoms with Gasteiger partial charge in [-0.15, -0.1) is 5.10 Å². The molecule has 1 aromatic heterocycles. The molecule has 1 atom stereocenters. The van der Waals surface area contributed by atoms with Crippen LogP contribution < -0.4 is 5.32 Å². The van der Waals surface area contributed by atoms with Crippen molar-refractivity contribution in [1.29, 1.82) is 0 Å². The van der Waals surface area contributed by atoms with Gasteiger partial charge in [-0.1, -0.05) is 0 Å². The van der Waals surface area contributed by atoms with Crippen LogP contribution >= 0.6 is 11.8 Å². The number of hydrogen-bond acceptors (Lipinski definition) is 7. The van der Waals surface area contributed by atoms with Crippen LogP contribution in [0.15, 0.2) is 5.16 Å². The number of nitrogens with one attached hydrogen (secondary N) is 1. The van der Waals surface area contributed by atoms with Gasteiger partial charge in [0, 0.05) is 24.9 Å². The Morgan fingerprint density at radius 3 is 2.81 bits per heavy atom. The van der Waals surface area contributed by atoms with E-state index in [4.69, 9.17) is 0 Å². The summed E-state index contributed by atoms with van der Waals surface area (Å²) in [4.78, 5) is 26.3. The fraction of sp³-hybridized carbons (Fsp3) is 0.750. The molecule has 1 aromatic rings. The molecule has 0 spiro atoms. The Balaban J connectivity index is 1.62. The molecule has 0 bridgehead atoms. The molecule has 1 amide bonds. The highest BCUT2D eigenvalue weighted by molar-refractivity contribution is 8.13. The first-order valence-corrected chi connectivity index (χ1v) is 7.93. The fourth-order valence-electron chi connectivity index (χ4n) is 2.41. The Morgan fingerprint density at radius 1 is 1.43 bits per heavy atom. The smallest absolute Gasteiger partial charge is 0.290 e. The monoisotopic (exact) mass is 310 g/mol. The van der Waals surface area contributed by atoms with E-state index in [9.17, 15) is 9.59 Å². The van der Waals surface area contributed by atoms with Crippen LogP contribution in [0.5, 0.6) is 0 Å². The predicted octanol–water partition coefficient (Wildman–Crippen LogP) is 0.208. The number of carbonyl (C=O) groups is 2. The average Bonchev–Trinajstić information content (AvgIpc) is 2.98. The van der Waals surface area contributed by atoms with Gasteiger partial charge in [0.25, 0.3) is 5.24 Å². The van der Waals surface area contributed by atoms with Gasteiger partial charge < -0.3 is 10.2 Å². The van der Waals surface area contributed by atoms with E-state index in [1.165, 1.54) is 4.68 Å². The molecule has 1 saturated heterocycles. The Morgan fingerprint density at radius 2 is 2.24 bits per heavy atom. The third kappa shape index (κ3) is 3.41. The highest BCUT2D eigenvalue weighted by Crippen LogP contribution is 2.31. The Hall–Kier alpha value is -1.48. The molecule has 1 aliphatic carbocycles. The maximum atomic E-state index is 12.4. The maximum Gasteiger partial charge on any atom is 0.290 e. The van der Waals surface area contributed by atoms with Crippen molar-refractivity contribution >= 4 is 22.8 Å². The van der Waals surface area contributed by atoms with Crippen LogP contribution in [-0.4, -0.2) is 61.3 Å². The van der Waals surface area contributed by atoms with E-state index >= 15 is 0 Å². The van der Waals surface area contributed by atoms with Crippen LogP contribution in [0.1, 0.15) is 25.7 Å². The van der Waals surface area contributed by atoms with Gasteiger partial charge in [-0.25, -0.2) is 4.68 Å². The number of thioether (sulfide) groups is 1. The molecular formula is C12H18N6O2S. The van der Waals surface area contributed by atoms with Crippen LogP contribution in [-0.2, 0) is 11.8 Å². The molecule has 2 heterocycles. The van der Waals surface area contributed by atoms with Gasteiger partial charge in [-0.3, -0.25) is 9.59 Å². The molecule has 21 heavy (non-hydrogen) atoms. The fourth-order valence-corrected chi connectivity index (χ4v) is 3.14. The Bertz CT molecular complexity index is 538. The number of aryl methyl sites for hydroxylation is 1. The van der Waals surface area contributed by atoms with E-state index in [-0.39, 0.29) is 29.7 Å². The number of hydrogen-bond donors (Lipinski definition) is 1. The number of Topliss-reactive ketones (excluding diaryl/α,β-unsaturated/α-hetero) is 1. The summed E-state index contributed by atoms with van der Waals surface area (Å²) < 4.78 is 1.45. The minimum atomic E-state index is -0.151. The molecule has 3 rings (SSSR count). The number of ketones is 1. The lowest BCUT2D eigenvalue weighted by Crippen LogP contribution is -2.42. The summed E-state index contributed by atoms with van der Waals surface area (Å²) in [5.41, 5.74) is 0. The summed E-state index contributed by atoms with van der Waals surface area (Å²) in [5, 5.41) is 14.5. The van der Waals surface area contributed by atoms with Crippen LogP contribution in [0, 0.1) is 0 Å². The molecule has 8 nitrogen and oxygen atoms in total.